The van der Waals surface area contributed by atoms with Gasteiger partial charge in [-0.1, -0.05) is 90.9 Å². The van der Waals surface area contributed by atoms with Crippen molar-refractivity contribution in [3.8, 4) is 0 Å². The molecule has 0 aliphatic carbocycles. The summed E-state index contributed by atoms with van der Waals surface area (Å²) in [6.07, 6.45) is 18.4. The van der Waals surface area contributed by atoms with Gasteiger partial charge in [-0.15, -0.1) is 0 Å². The van der Waals surface area contributed by atoms with Crippen LogP contribution in [0.1, 0.15) is 124 Å². The van der Waals surface area contributed by atoms with Crippen LogP contribution in [-0.4, -0.2) is 75.0 Å². The molecular formula is C32H58N4O2. The van der Waals surface area contributed by atoms with Gasteiger partial charge in [0.15, 0.2) is 0 Å². The molecule has 1 rings (SSSR count). The highest BCUT2D eigenvalue weighted by atomic mass is 16.2. The number of carbonyl (C=O) groups excluding carboxylic acids is 2. The number of carbonyl (C=O) groups is 2. The first-order chi connectivity index (χ1) is 18.5. The van der Waals surface area contributed by atoms with Crippen molar-refractivity contribution < 1.29 is 9.59 Å². The van der Waals surface area contributed by atoms with Crippen molar-refractivity contribution in [1.82, 2.24) is 20.4 Å². The predicted octanol–water partition coefficient (Wildman–Crippen LogP) is 6.51. The molecule has 0 heterocycles. The van der Waals surface area contributed by atoms with Crippen molar-refractivity contribution in [3.63, 3.8) is 0 Å². The van der Waals surface area contributed by atoms with E-state index >= 15 is 0 Å². The van der Waals surface area contributed by atoms with E-state index in [-0.39, 0.29) is 11.8 Å². The molecule has 0 aromatic heterocycles. The van der Waals surface area contributed by atoms with Crippen molar-refractivity contribution >= 4 is 11.8 Å². The van der Waals surface area contributed by atoms with Gasteiger partial charge < -0.3 is 20.4 Å². The average molecular weight is 531 g/mol. The standard InChI is InChI=1S/C32H58N4O2/c1-5-7-9-11-13-15-17-25-35(3)27-23-33-31(37)29-19-21-30(22-20-29)32(38)34-24-28-36(4)26-18-16-14-12-10-8-6-2/h19-22H,5-18,23-28H2,1-4H3,(H,33,37)(H,34,38). The fourth-order valence-electron chi connectivity index (χ4n) is 4.60. The van der Waals surface area contributed by atoms with Crippen LogP contribution >= 0.6 is 0 Å². The topological polar surface area (TPSA) is 64.7 Å². The van der Waals surface area contributed by atoms with Crippen molar-refractivity contribution in [2.75, 3.05) is 53.4 Å². The van der Waals surface area contributed by atoms with Crippen LogP contribution in [0.2, 0.25) is 0 Å². The molecule has 0 fully saturated rings. The maximum Gasteiger partial charge on any atom is 0.251 e. The molecule has 6 nitrogen and oxygen atoms in total. The molecule has 38 heavy (non-hydrogen) atoms. The maximum absolute atomic E-state index is 12.5. The summed E-state index contributed by atoms with van der Waals surface area (Å²) in [6, 6.07) is 6.94. The van der Waals surface area contributed by atoms with E-state index in [9.17, 15) is 9.59 Å². The third kappa shape index (κ3) is 17.6. The normalized spacial score (nSPS) is 11.3. The van der Waals surface area contributed by atoms with Gasteiger partial charge in [-0.2, -0.15) is 0 Å². The summed E-state index contributed by atoms with van der Waals surface area (Å²) in [7, 11) is 4.23. The maximum atomic E-state index is 12.5. The second kappa shape index (κ2) is 23.0. The molecule has 2 amide bonds. The Balaban J connectivity index is 2.16. The summed E-state index contributed by atoms with van der Waals surface area (Å²) < 4.78 is 0. The van der Waals surface area contributed by atoms with Gasteiger partial charge in [0, 0.05) is 37.3 Å². The largest absolute Gasteiger partial charge is 0.351 e. The van der Waals surface area contributed by atoms with Crippen molar-refractivity contribution in [3.05, 3.63) is 35.4 Å². The highest BCUT2D eigenvalue weighted by Gasteiger charge is 2.09. The molecule has 2 N–H and O–H groups in total. The first-order valence-electron chi connectivity index (χ1n) is 15.5. The van der Waals surface area contributed by atoms with Crippen LogP contribution in [0.3, 0.4) is 0 Å². The number of unbranched alkanes of at least 4 members (excludes halogenated alkanes) is 12. The fraction of sp³-hybridized carbons (Fsp3) is 0.750. The van der Waals surface area contributed by atoms with E-state index in [4.69, 9.17) is 0 Å². The van der Waals surface area contributed by atoms with E-state index in [1.807, 2.05) is 0 Å². The zero-order valence-electron chi connectivity index (χ0n) is 25.2. The van der Waals surface area contributed by atoms with Gasteiger partial charge >= 0.3 is 0 Å². The molecule has 0 radical (unpaired) electrons. The Hall–Kier alpha value is -1.92. The Kier molecular flexibility index (Phi) is 20.7. The molecule has 218 valence electrons. The number of benzene rings is 1. The molecule has 0 aliphatic rings. The van der Waals surface area contributed by atoms with Crippen molar-refractivity contribution in [2.24, 2.45) is 0 Å². The number of nitrogens with zero attached hydrogens (tertiary/aromatic N) is 2. The summed E-state index contributed by atoms with van der Waals surface area (Å²) in [5, 5.41) is 5.99. The lowest BCUT2D eigenvalue weighted by molar-refractivity contribution is 0.0938. The van der Waals surface area contributed by atoms with Gasteiger partial charge in [0.2, 0.25) is 0 Å². The lowest BCUT2D eigenvalue weighted by atomic mass is 10.1. The van der Waals surface area contributed by atoms with Gasteiger partial charge in [0.25, 0.3) is 11.8 Å². The van der Waals surface area contributed by atoms with Gasteiger partial charge in [0.05, 0.1) is 0 Å². The Morgan fingerprint density at radius 2 is 0.842 bits per heavy atom. The molecule has 1 aromatic rings. The highest BCUT2D eigenvalue weighted by molar-refractivity contribution is 5.97. The Bertz CT molecular complexity index is 662. The van der Waals surface area contributed by atoms with Gasteiger partial charge in [-0.3, -0.25) is 9.59 Å². The Morgan fingerprint density at radius 3 is 1.18 bits per heavy atom. The second-order valence-electron chi connectivity index (χ2n) is 10.9. The average Bonchev–Trinajstić information content (AvgIpc) is 2.92. The lowest BCUT2D eigenvalue weighted by Crippen LogP contribution is -2.34. The second-order valence-corrected chi connectivity index (χ2v) is 10.9. The smallest absolute Gasteiger partial charge is 0.251 e. The Morgan fingerprint density at radius 1 is 0.526 bits per heavy atom. The third-order valence-corrected chi connectivity index (χ3v) is 7.25. The molecule has 1 aromatic carbocycles. The van der Waals surface area contributed by atoms with E-state index in [2.05, 4.69) is 48.4 Å². The highest BCUT2D eigenvalue weighted by Crippen LogP contribution is 2.08. The van der Waals surface area contributed by atoms with Gasteiger partial charge in [-0.25, -0.2) is 0 Å². The van der Waals surface area contributed by atoms with Crippen LogP contribution in [0.5, 0.6) is 0 Å². The number of rotatable bonds is 24. The fourth-order valence-corrected chi connectivity index (χ4v) is 4.60. The van der Waals surface area contributed by atoms with Crippen LogP contribution < -0.4 is 10.6 Å². The number of nitrogens with one attached hydrogen (secondary N) is 2. The predicted molar refractivity (Wildman–Crippen MR) is 162 cm³/mol. The van der Waals surface area contributed by atoms with E-state index < -0.39 is 0 Å². The van der Waals surface area contributed by atoms with E-state index in [0.717, 1.165) is 26.2 Å². The molecule has 0 spiro atoms. The molecule has 0 unspecified atom stereocenters. The zero-order valence-corrected chi connectivity index (χ0v) is 25.2. The molecule has 6 heteroatoms. The molecule has 0 saturated heterocycles. The van der Waals surface area contributed by atoms with Gasteiger partial charge in [0.1, 0.15) is 0 Å². The summed E-state index contributed by atoms with van der Waals surface area (Å²) >= 11 is 0. The number of hydrogen-bond acceptors (Lipinski definition) is 4. The lowest BCUT2D eigenvalue weighted by Gasteiger charge is -2.17. The molecule has 0 aliphatic heterocycles. The van der Waals surface area contributed by atoms with E-state index in [1.165, 1.54) is 89.9 Å². The zero-order chi connectivity index (χ0) is 27.8. The number of likely N-dealkylation sites (N-methyl/N-ethyl adjacent to an activating group) is 2. The third-order valence-electron chi connectivity index (χ3n) is 7.25. The Labute approximate surface area is 234 Å². The molecule has 0 bridgehead atoms. The summed E-state index contributed by atoms with van der Waals surface area (Å²) in [4.78, 5) is 29.5. The van der Waals surface area contributed by atoms with Crippen LogP contribution in [0.4, 0.5) is 0 Å². The molecule has 0 atom stereocenters. The number of hydrogen-bond donors (Lipinski definition) is 2. The summed E-state index contributed by atoms with van der Waals surface area (Å²) in [6.45, 7) is 9.58. The SMILES string of the molecule is CCCCCCCCCN(C)CCNC(=O)c1ccc(C(=O)NCCN(C)CCCCCCCCC)cc1. The first-order valence-corrected chi connectivity index (χ1v) is 15.5. The van der Waals surface area contributed by atoms with Crippen LogP contribution in [0, 0.1) is 0 Å². The van der Waals surface area contributed by atoms with Crippen LogP contribution in [-0.2, 0) is 0 Å². The molecular weight excluding hydrogens is 472 g/mol. The molecule has 0 saturated carbocycles. The minimum Gasteiger partial charge on any atom is -0.351 e. The van der Waals surface area contributed by atoms with Crippen LogP contribution in [0.15, 0.2) is 24.3 Å². The first kappa shape index (κ1) is 34.1. The minimum atomic E-state index is -0.0896. The summed E-state index contributed by atoms with van der Waals surface area (Å²) in [5.74, 6) is -0.179. The number of amides is 2. The summed E-state index contributed by atoms with van der Waals surface area (Å²) in [5.41, 5.74) is 1.18. The monoisotopic (exact) mass is 530 g/mol. The minimum absolute atomic E-state index is 0.0896. The van der Waals surface area contributed by atoms with Crippen molar-refractivity contribution in [2.45, 2.75) is 104 Å². The van der Waals surface area contributed by atoms with Crippen LogP contribution in [0.25, 0.3) is 0 Å². The van der Waals surface area contributed by atoms with Crippen molar-refractivity contribution in [1.29, 1.82) is 0 Å². The van der Waals surface area contributed by atoms with E-state index in [0.29, 0.717) is 24.2 Å². The quantitative estimate of drug-likeness (QED) is 0.150. The van der Waals surface area contributed by atoms with E-state index in [1.54, 1.807) is 24.3 Å². The van der Waals surface area contributed by atoms with Gasteiger partial charge in [-0.05, 0) is 64.3 Å².